The molecule has 0 amide bonds. The summed E-state index contributed by atoms with van der Waals surface area (Å²) < 4.78 is 5.26. The number of nitro groups is 1. The third-order valence-electron chi connectivity index (χ3n) is 2.99. The summed E-state index contributed by atoms with van der Waals surface area (Å²) in [5, 5.41) is 13.9. The molecule has 1 aliphatic rings. The molecule has 0 unspecified atom stereocenters. The van der Waals surface area contributed by atoms with Gasteiger partial charge in [-0.3, -0.25) is 15.5 Å². The van der Waals surface area contributed by atoms with E-state index in [0.717, 1.165) is 32.3 Å². The van der Waals surface area contributed by atoms with Crippen LogP contribution in [0.1, 0.15) is 12.8 Å². The SMILES string of the molecule is NNc1ncc([N+](=O)[O-])c(NCC2CCOCC2)n1. The van der Waals surface area contributed by atoms with Crippen molar-refractivity contribution in [1.82, 2.24) is 9.97 Å². The maximum Gasteiger partial charge on any atom is 0.329 e. The summed E-state index contributed by atoms with van der Waals surface area (Å²) >= 11 is 0. The van der Waals surface area contributed by atoms with Crippen molar-refractivity contribution in [3.8, 4) is 0 Å². The molecular weight excluding hydrogens is 252 g/mol. The highest BCUT2D eigenvalue weighted by molar-refractivity contribution is 5.56. The van der Waals surface area contributed by atoms with Crippen LogP contribution in [0.25, 0.3) is 0 Å². The zero-order chi connectivity index (χ0) is 13.7. The van der Waals surface area contributed by atoms with E-state index in [2.05, 4.69) is 20.7 Å². The lowest BCUT2D eigenvalue weighted by Gasteiger charge is -2.22. The number of ether oxygens (including phenoxy) is 1. The number of nitrogens with one attached hydrogen (secondary N) is 2. The molecule has 1 saturated heterocycles. The molecule has 1 fully saturated rings. The molecule has 0 spiro atoms. The summed E-state index contributed by atoms with van der Waals surface area (Å²) in [4.78, 5) is 18.1. The fourth-order valence-electron chi connectivity index (χ4n) is 1.90. The van der Waals surface area contributed by atoms with Crippen LogP contribution in [0.2, 0.25) is 0 Å². The van der Waals surface area contributed by atoms with Crippen molar-refractivity contribution in [1.29, 1.82) is 0 Å². The summed E-state index contributed by atoms with van der Waals surface area (Å²) in [5.74, 6) is 5.94. The standard InChI is InChI=1S/C10H16N6O3/c11-15-10-13-6-8(16(17)18)9(14-10)12-5-7-1-3-19-4-2-7/h6-7H,1-5,11H2,(H2,12,13,14,15). The Hall–Kier alpha value is -2.00. The van der Waals surface area contributed by atoms with E-state index in [-0.39, 0.29) is 17.5 Å². The molecule has 9 heteroatoms. The van der Waals surface area contributed by atoms with Crippen molar-refractivity contribution >= 4 is 17.5 Å². The fourth-order valence-corrected chi connectivity index (χ4v) is 1.90. The van der Waals surface area contributed by atoms with E-state index in [9.17, 15) is 10.1 Å². The van der Waals surface area contributed by atoms with Gasteiger partial charge in [0.1, 0.15) is 6.20 Å². The highest BCUT2D eigenvalue weighted by Gasteiger charge is 2.19. The van der Waals surface area contributed by atoms with E-state index in [1.54, 1.807) is 0 Å². The van der Waals surface area contributed by atoms with Gasteiger partial charge in [0, 0.05) is 19.8 Å². The number of hydrogen-bond donors (Lipinski definition) is 3. The summed E-state index contributed by atoms with van der Waals surface area (Å²) in [5.41, 5.74) is 2.11. The summed E-state index contributed by atoms with van der Waals surface area (Å²) in [6.07, 6.45) is 3.01. The van der Waals surface area contributed by atoms with Crippen LogP contribution in [-0.2, 0) is 4.74 Å². The zero-order valence-corrected chi connectivity index (χ0v) is 10.3. The van der Waals surface area contributed by atoms with E-state index in [1.165, 1.54) is 0 Å². The molecule has 0 bridgehead atoms. The smallest absolute Gasteiger partial charge is 0.329 e. The first-order valence-electron chi connectivity index (χ1n) is 6.00. The molecule has 0 saturated carbocycles. The zero-order valence-electron chi connectivity index (χ0n) is 10.3. The molecule has 0 radical (unpaired) electrons. The van der Waals surface area contributed by atoms with E-state index in [4.69, 9.17) is 10.6 Å². The van der Waals surface area contributed by atoms with E-state index in [1.807, 2.05) is 0 Å². The van der Waals surface area contributed by atoms with Gasteiger partial charge in [-0.15, -0.1) is 0 Å². The molecule has 4 N–H and O–H groups in total. The summed E-state index contributed by atoms with van der Waals surface area (Å²) in [6.45, 7) is 2.08. The van der Waals surface area contributed by atoms with Gasteiger partial charge in [0.2, 0.25) is 11.8 Å². The Morgan fingerprint density at radius 2 is 2.26 bits per heavy atom. The Morgan fingerprint density at radius 3 is 2.89 bits per heavy atom. The second-order valence-corrected chi connectivity index (χ2v) is 4.27. The number of hydrogen-bond acceptors (Lipinski definition) is 8. The van der Waals surface area contributed by atoms with Gasteiger partial charge < -0.3 is 10.1 Å². The average molecular weight is 268 g/mol. The second kappa shape index (κ2) is 6.25. The molecule has 0 aromatic carbocycles. The third kappa shape index (κ3) is 3.48. The number of rotatable bonds is 5. The van der Waals surface area contributed by atoms with Gasteiger partial charge in [0.05, 0.1) is 4.92 Å². The molecule has 1 aromatic heterocycles. The maximum absolute atomic E-state index is 10.9. The Labute approximate surface area is 109 Å². The van der Waals surface area contributed by atoms with Gasteiger partial charge in [-0.25, -0.2) is 10.8 Å². The molecule has 2 heterocycles. The Morgan fingerprint density at radius 1 is 1.53 bits per heavy atom. The van der Waals surface area contributed by atoms with E-state index < -0.39 is 4.92 Å². The Kier molecular flexibility index (Phi) is 4.42. The van der Waals surface area contributed by atoms with Crippen LogP contribution in [0.3, 0.4) is 0 Å². The monoisotopic (exact) mass is 268 g/mol. The minimum Gasteiger partial charge on any atom is -0.381 e. The van der Waals surface area contributed by atoms with Crippen LogP contribution in [0.4, 0.5) is 17.5 Å². The van der Waals surface area contributed by atoms with Crippen molar-refractivity contribution < 1.29 is 9.66 Å². The van der Waals surface area contributed by atoms with Crippen LogP contribution in [0.5, 0.6) is 0 Å². The molecule has 2 rings (SSSR count). The minimum absolute atomic E-state index is 0.139. The first kappa shape index (κ1) is 13.4. The normalized spacial score (nSPS) is 16.1. The van der Waals surface area contributed by atoms with Crippen LogP contribution >= 0.6 is 0 Å². The van der Waals surface area contributed by atoms with E-state index >= 15 is 0 Å². The molecule has 1 aliphatic heterocycles. The largest absolute Gasteiger partial charge is 0.381 e. The van der Waals surface area contributed by atoms with Gasteiger partial charge >= 0.3 is 5.69 Å². The summed E-state index contributed by atoms with van der Waals surface area (Å²) in [6, 6.07) is 0. The van der Waals surface area contributed by atoms with Crippen molar-refractivity contribution in [2.45, 2.75) is 12.8 Å². The minimum atomic E-state index is -0.521. The molecule has 0 aliphatic carbocycles. The molecular formula is C10H16N6O3. The van der Waals surface area contributed by atoms with Gasteiger partial charge in [-0.05, 0) is 18.8 Å². The van der Waals surface area contributed by atoms with Crippen molar-refractivity contribution in [2.75, 3.05) is 30.5 Å². The van der Waals surface area contributed by atoms with Gasteiger partial charge in [-0.1, -0.05) is 0 Å². The highest BCUT2D eigenvalue weighted by atomic mass is 16.6. The van der Waals surface area contributed by atoms with E-state index in [0.29, 0.717) is 12.5 Å². The van der Waals surface area contributed by atoms with Crippen LogP contribution in [0, 0.1) is 16.0 Å². The highest BCUT2D eigenvalue weighted by Crippen LogP contribution is 2.23. The van der Waals surface area contributed by atoms with Crippen molar-refractivity contribution in [2.24, 2.45) is 11.8 Å². The molecule has 9 nitrogen and oxygen atoms in total. The van der Waals surface area contributed by atoms with Crippen molar-refractivity contribution in [3.63, 3.8) is 0 Å². The van der Waals surface area contributed by atoms with Crippen LogP contribution < -0.4 is 16.6 Å². The lowest BCUT2D eigenvalue weighted by Crippen LogP contribution is -2.23. The number of aromatic nitrogens is 2. The molecule has 104 valence electrons. The number of anilines is 2. The number of nitrogens with two attached hydrogens (primary N) is 1. The predicted molar refractivity (Wildman–Crippen MR) is 68.5 cm³/mol. The fraction of sp³-hybridized carbons (Fsp3) is 0.600. The number of hydrazine groups is 1. The second-order valence-electron chi connectivity index (χ2n) is 4.27. The van der Waals surface area contributed by atoms with Gasteiger partial charge in [0.25, 0.3) is 0 Å². The topological polar surface area (TPSA) is 128 Å². The number of nitrogens with zero attached hydrogens (tertiary/aromatic N) is 3. The van der Waals surface area contributed by atoms with Crippen LogP contribution in [0.15, 0.2) is 6.20 Å². The third-order valence-corrected chi connectivity index (χ3v) is 2.99. The first-order chi connectivity index (χ1) is 9.20. The van der Waals surface area contributed by atoms with Gasteiger partial charge in [-0.2, -0.15) is 4.98 Å². The molecule has 19 heavy (non-hydrogen) atoms. The lowest BCUT2D eigenvalue weighted by atomic mass is 10.0. The lowest BCUT2D eigenvalue weighted by molar-refractivity contribution is -0.384. The van der Waals surface area contributed by atoms with Crippen molar-refractivity contribution in [3.05, 3.63) is 16.3 Å². The average Bonchev–Trinajstić information content (AvgIpc) is 2.45. The Balaban J connectivity index is 2.06. The predicted octanol–water partition coefficient (Wildman–Crippen LogP) is 0.509. The Bertz CT molecular complexity index is 449. The van der Waals surface area contributed by atoms with Gasteiger partial charge in [0.15, 0.2) is 0 Å². The first-order valence-corrected chi connectivity index (χ1v) is 6.00. The molecule has 0 atom stereocenters. The maximum atomic E-state index is 10.9. The number of nitrogen functional groups attached to an aromatic ring is 1. The quantitative estimate of drug-likeness (QED) is 0.400. The molecule has 1 aromatic rings. The summed E-state index contributed by atoms with van der Waals surface area (Å²) in [7, 11) is 0. The van der Waals surface area contributed by atoms with Crippen LogP contribution in [-0.4, -0.2) is 34.6 Å².